The van der Waals surface area contributed by atoms with Crippen molar-refractivity contribution in [1.29, 1.82) is 0 Å². The van der Waals surface area contributed by atoms with Gasteiger partial charge in [-0.25, -0.2) is 17.2 Å². The molecule has 3 aliphatic rings. The van der Waals surface area contributed by atoms with Crippen molar-refractivity contribution in [2.45, 2.75) is 49.1 Å². The molecule has 2 aromatic rings. The van der Waals surface area contributed by atoms with E-state index < -0.39 is 39.2 Å². The van der Waals surface area contributed by atoms with Gasteiger partial charge in [-0.3, -0.25) is 9.69 Å². The van der Waals surface area contributed by atoms with Crippen LogP contribution in [0.5, 0.6) is 0 Å². The lowest BCUT2D eigenvalue weighted by Gasteiger charge is -2.46. The maximum absolute atomic E-state index is 14.3. The minimum absolute atomic E-state index is 0.0246. The van der Waals surface area contributed by atoms with Crippen LogP contribution < -0.4 is 0 Å². The molecule has 2 aromatic carbocycles. The second-order valence-corrected chi connectivity index (χ2v) is 12.7. The number of carbonyl (C=O) groups is 1. The van der Waals surface area contributed by atoms with E-state index in [0.29, 0.717) is 69.9 Å². The summed E-state index contributed by atoms with van der Waals surface area (Å²) in [5, 5.41) is 9.62. The van der Waals surface area contributed by atoms with Gasteiger partial charge in [-0.15, -0.1) is 0 Å². The lowest BCUT2D eigenvalue weighted by molar-refractivity contribution is -0.141. The molecule has 2 atom stereocenters. The third-order valence-corrected chi connectivity index (χ3v) is 10.3. The molecule has 0 bridgehead atoms. The molecule has 0 spiro atoms. The zero-order valence-corrected chi connectivity index (χ0v) is 22.6. The van der Waals surface area contributed by atoms with Crippen LogP contribution in [0.2, 0.25) is 5.02 Å². The minimum Gasteiger partial charge on any atom is -0.395 e. The molecular formula is C27H32ClF2N3O4S. The van der Waals surface area contributed by atoms with Crippen molar-refractivity contribution in [2.24, 2.45) is 5.41 Å². The summed E-state index contributed by atoms with van der Waals surface area (Å²) in [5.41, 5.74) is -0.631. The first-order valence-electron chi connectivity index (χ1n) is 13.0. The summed E-state index contributed by atoms with van der Waals surface area (Å²) in [6.45, 7) is 2.91. The maximum Gasteiger partial charge on any atom is 0.243 e. The summed E-state index contributed by atoms with van der Waals surface area (Å²) in [7, 11) is -4.15. The Hall–Kier alpha value is -2.11. The number of β-amino-alcohol motifs (C(OH)–C–C–N with tert-alkyl or cyclic N) is 1. The third-order valence-electron chi connectivity index (χ3n) is 8.16. The molecule has 0 aromatic heterocycles. The summed E-state index contributed by atoms with van der Waals surface area (Å²) >= 11 is 6.02. The average molecular weight is 568 g/mol. The largest absolute Gasteiger partial charge is 0.395 e. The molecule has 1 amide bonds. The Bertz CT molecular complexity index is 1260. The molecule has 2 unspecified atom stereocenters. The normalized spacial score (nSPS) is 24.4. The predicted octanol–water partition coefficient (Wildman–Crippen LogP) is 3.82. The van der Waals surface area contributed by atoms with Crippen molar-refractivity contribution < 1.29 is 27.1 Å². The van der Waals surface area contributed by atoms with Crippen LogP contribution in [0.1, 0.15) is 43.7 Å². The van der Waals surface area contributed by atoms with E-state index in [-0.39, 0.29) is 23.0 Å². The first-order chi connectivity index (χ1) is 18.2. The molecule has 1 N–H and O–H groups in total. The van der Waals surface area contributed by atoms with Crippen molar-refractivity contribution in [3.8, 4) is 0 Å². The Morgan fingerprint density at radius 1 is 1.00 bits per heavy atom. The SMILES string of the molecule is O=C(N1CCN(CCO)CC1)C1(C2CCCC(c3cc(F)cc(F)c3)N2S(=O)(=O)c2ccc(Cl)cc2)CC1. The standard InChI is InChI=1S/C27H32ClF2N3O4S/c28-20-4-6-23(7-5-20)38(36,37)33-24(19-16-21(29)18-22(30)17-19)2-1-3-25(33)27(8-9-27)26(35)32-12-10-31(11-13-32)14-15-34/h4-7,16-18,24-25,34H,1-3,8-15H2. The second kappa shape index (κ2) is 10.8. The number of amides is 1. The van der Waals surface area contributed by atoms with E-state index in [4.69, 9.17) is 11.6 Å². The molecule has 5 rings (SSSR count). The summed E-state index contributed by atoms with van der Waals surface area (Å²) in [5.74, 6) is -1.61. The molecule has 11 heteroatoms. The highest BCUT2D eigenvalue weighted by Crippen LogP contribution is 2.57. The fourth-order valence-corrected chi connectivity index (χ4v) is 8.15. The van der Waals surface area contributed by atoms with Gasteiger partial charge in [-0.1, -0.05) is 11.6 Å². The highest BCUT2D eigenvalue weighted by atomic mass is 35.5. The van der Waals surface area contributed by atoms with Crippen molar-refractivity contribution >= 4 is 27.5 Å². The Labute approximate surface area is 227 Å². The number of nitrogens with zero attached hydrogens (tertiary/aromatic N) is 3. The number of rotatable bonds is 7. The highest BCUT2D eigenvalue weighted by Gasteiger charge is 2.62. The monoisotopic (exact) mass is 567 g/mol. The fourth-order valence-electron chi connectivity index (χ4n) is 6.10. The molecule has 3 fully saturated rings. The van der Waals surface area contributed by atoms with Gasteiger partial charge in [0.2, 0.25) is 15.9 Å². The molecular weight excluding hydrogens is 536 g/mol. The highest BCUT2D eigenvalue weighted by molar-refractivity contribution is 7.89. The molecule has 206 valence electrons. The van der Waals surface area contributed by atoms with Gasteiger partial charge in [-0.2, -0.15) is 4.31 Å². The number of piperazine rings is 1. The number of benzene rings is 2. The van der Waals surface area contributed by atoms with Gasteiger partial charge in [0.1, 0.15) is 11.6 Å². The Kier molecular flexibility index (Phi) is 7.81. The summed E-state index contributed by atoms with van der Waals surface area (Å²) in [6, 6.07) is 7.52. The number of piperidine rings is 1. The van der Waals surface area contributed by atoms with Crippen LogP contribution in [0.4, 0.5) is 8.78 Å². The van der Waals surface area contributed by atoms with Gasteiger partial charge < -0.3 is 10.0 Å². The summed E-state index contributed by atoms with van der Waals surface area (Å²) < 4.78 is 58.3. The second-order valence-electron chi connectivity index (χ2n) is 10.5. The molecule has 2 saturated heterocycles. The first-order valence-corrected chi connectivity index (χ1v) is 14.9. The van der Waals surface area contributed by atoms with Gasteiger partial charge in [0.05, 0.1) is 23.0 Å². The molecule has 0 radical (unpaired) electrons. The summed E-state index contributed by atoms with van der Waals surface area (Å²) in [6.07, 6.45) is 2.61. The van der Waals surface area contributed by atoms with Crippen LogP contribution in [0.15, 0.2) is 47.4 Å². The number of carbonyl (C=O) groups excluding carboxylic acids is 1. The number of sulfonamides is 1. The minimum atomic E-state index is -4.15. The molecule has 2 aliphatic heterocycles. The van der Waals surface area contributed by atoms with E-state index in [1.54, 1.807) is 4.90 Å². The zero-order valence-electron chi connectivity index (χ0n) is 21.0. The van der Waals surface area contributed by atoms with Gasteiger partial charge in [0, 0.05) is 49.9 Å². The van der Waals surface area contributed by atoms with Gasteiger partial charge in [-0.05, 0) is 74.1 Å². The van der Waals surface area contributed by atoms with Crippen LogP contribution >= 0.6 is 11.6 Å². The quantitative estimate of drug-likeness (QED) is 0.550. The number of aliphatic hydroxyl groups is 1. The number of halogens is 3. The first kappa shape index (κ1) is 27.5. The molecule has 2 heterocycles. The Morgan fingerprint density at radius 2 is 1.63 bits per heavy atom. The smallest absolute Gasteiger partial charge is 0.243 e. The average Bonchev–Trinajstić information content (AvgIpc) is 3.70. The van der Waals surface area contributed by atoms with E-state index >= 15 is 0 Å². The van der Waals surface area contributed by atoms with Gasteiger partial charge in [0.15, 0.2) is 0 Å². The van der Waals surface area contributed by atoms with Crippen molar-refractivity contribution in [2.75, 3.05) is 39.3 Å². The molecule has 38 heavy (non-hydrogen) atoms. The maximum atomic E-state index is 14.3. The predicted molar refractivity (Wildman–Crippen MR) is 139 cm³/mol. The van der Waals surface area contributed by atoms with E-state index in [9.17, 15) is 27.1 Å². The lowest BCUT2D eigenvalue weighted by Crippen LogP contribution is -2.57. The van der Waals surface area contributed by atoms with Gasteiger partial charge >= 0.3 is 0 Å². The van der Waals surface area contributed by atoms with Crippen molar-refractivity contribution in [1.82, 2.24) is 14.1 Å². The Morgan fingerprint density at radius 3 is 2.21 bits per heavy atom. The van der Waals surface area contributed by atoms with Crippen LogP contribution in [-0.2, 0) is 14.8 Å². The van der Waals surface area contributed by atoms with Crippen LogP contribution in [-0.4, -0.2) is 78.9 Å². The van der Waals surface area contributed by atoms with Crippen LogP contribution in [0.25, 0.3) is 0 Å². The molecule has 7 nitrogen and oxygen atoms in total. The van der Waals surface area contributed by atoms with E-state index in [1.807, 2.05) is 0 Å². The van der Waals surface area contributed by atoms with E-state index in [0.717, 1.165) is 6.07 Å². The molecule has 1 aliphatic carbocycles. The zero-order chi connectivity index (χ0) is 27.1. The Balaban J connectivity index is 1.52. The number of aliphatic hydroxyl groups excluding tert-OH is 1. The number of hydrogen-bond donors (Lipinski definition) is 1. The van der Waals surface area contributed by atoms with E-state index in [1.165, 1.54) is 40.7 Å². The van der Waals surface area contributed by atoms with Gasteiger partial charge in [0.25, 0.3) is 0 Å². The lowest BCUT2D eigenvalue weighted by atomic mass is 9.84. The van der Waals surface area contributed by atoms with Crippen molar-refractivity contribution in [3.63, 3.8) is 0 Å². The van der Waals surface area contributed by atoms with Crippen molar-refractivity contribution in [3.05, 3.63) is 64.7 Å². The number of hydrogen-bond acceptors (Lipinski definition) is 5. The fraction of sp³-hybridized carbons (Fsp3) is 0.519. The third kappa shape index (κ3) is 5.21. The van der Waals surface area contributed by atoms with E-state index in [2.05, 4.69) is 4.90 Å². The summed E-state index contributed by atoms with van der Waals surface area (Å²) in [4.78, 5) is 17.9. The molecule has 1 saturated carbocycles. The van der Waals surface area contributed by atoms with Crippen LogP contribution in [0, 0.1) is 17.0 Å². The van der Waals surface area contributed by atoms with Crippen LogP contribution in [0.3, 0.4) is 0 Å². The topological polar surface area (TPSA) is 81.2 Å².